The monoisotopic (exact) mass is 258 g/mol. The number of nitrogens with one attached hydrogen (secondary N) is 1. The van der Waals surface area contributed by atoms with E-state index in [2.05, 4.69) is 24.1 Å². The Morgan fingerprint density at radius 3 is 2.56 bits per heavy atom. The summed E-state index contributed by atoms with van der Waals surface area (Å²) in [6.07, 6.45) is 1.31. The van der Waals surface area contributed by atoms with Gasteiger partial charge in [-0.3, -0.25) is 9.69 Å². The Balaban J connectivity index is 2.35. The van der Waals surface area contributed by atoms with E-state index < -0.39 is 0 Å². The number of ether oxygens (including phenoxy) is 2. The minimum atomic E-state index is -0.210. The van der Waals surface area contributed by atoms with Crippen LogP contribution in [0.2, 0.25) is 0 Å². The number of likely N-dealkylation sites (N-methyl/N-ethyl adjacent to an activating group) is 1. The van der Waals surface area contributed by atoms with Gasteiger partial charge in [0.2, 0.25) is 0 Å². The lowest BCUT2D eigenvalue weighted by Crippen LogP contribution is -2.47. The molecule has 5 heteroatoms. The molecule has 106 valence electrons. The van der Waals surface area contributed by atoms with Crippen molar-refractivity contribution in [1.82, 2.24) is 10.2 Å². The number of esters is 1. The molecule has 0 amide bonds. The molecule has 5 nitrogen and oxygen atoms in total. The number of carbonyl (C=O) groups excluding carboxylic acids is 1. The Bertz CT molecular complexity index is 251. The first-order valence-electron chi connectivity index (χ1n) is 6.78. The summed E-state index contributed by atoms with van der Waals surface area (Å²) in [4.78, 5) is 14.0. The standard InChI is InChI=1S/C13H26N2O3/c1-5-17-13(16)12(14-4)6-7-15-8-10(2)18-11(3)9-15/h10-12,14H,5-9H2,1-4H3. The highest BCUT2D eigenvalue weighted by Crippen LogP contribution is 2.11. The average molecular weight is 258 g/mol. The van der Waals surface area contributed by atoms with Crippen LogP contribution in [0, 0.1) is 0 Å². The minimum Gasteiger partial charge on any atom is -0.465 e. The molecule has 1 rings (SSSR count). The van der Waals surface area contributed by atoms with Crippen LogP contribution in [-0.4, -0.2) is 62.4 Å². The lowest BCUT2D eigenvalue weighted by molar-refractivity contribution is -0.145. The van der Waals surface area contributed by atoms with Crippen LogP contribution in [0.5, 0.6) is 0 Å². The second-order valence-corrected chi connectivity index (χ2v) is 4.90. The van der Waals surface area contributed by atoms with Gasteiger partial charge in [-0.1, -0.05) is 0 Å². The third-order valence-corrected chi connectivity index (χ3v) is 3.15. The van der Waals surface area contributed by atoms with Crippen molar-refractivity contribution in [3.05, 3.63) is 0 Å². The zero-order valence-corrected chi connectivity index (χ0v) is 11.9. The van der Waals surface area contributed by atoms with E-state index in [1.807, 2.05) is 6.92 Å². The van der Waals surface area contributed by atoms with Gasteiger partial charge in [-0.2, -0.15) is 0 Å². The largest absolute Gasteiger partial charge is 0.465 e. The van der Waals surface area contributed by atoms with Crippen LogP contribution in [0.3, 0.4) is 0 Å². The number of hydrogen-bond acceptors (Lipinski definition) is 5. The predicted octanol–water partition coefficient (Wildman–Crippen LogP) is 0.637. The van der Waals surface area contributed by atoms with Gasteiger partial charge in [0.05, 0.1) is 18.8 Å². The summed E-state index contributed by atoms with van der Waals surface area (Å²) in [5.74, 6) is -0.158. The molecule has 1 aliphatic heterocycles. The SMILES string of the molecule is CCOC(=O)C(CCN1CC(C)OC(C)C1)NC. The number of hydrogen-bond donors (Lipinski definition) is 1. The van der Waals surface area contributed by atoms with Crippen molar-refractivity contribution < 1.29 is 14.3 Å². The van der Waals surface area contributed by atoms with E-state index in [1.165, 1.54) is 0 Å². The van der Waals surface area contributed by atoms with E-state index in [9.17, 15) is 4.79 Å². The van der Waals surface area contributed by atoms with Crippen LogP contribution in [0.15, 0.2) is 0 Å². The smallest absolute Gasteiger partial charge is 0.323 e. The summed E-state index contributed by atoms with van der Waals surface area (Å²) in [5, 5.41) is 3.02. The highest BCUT2D eigenvalue weighted by Gasteiger charge is 2.24. The fourth-order valence-corrected chi connectivity index (χ4v) is 2.40. The van der Waals surface area contributed by atoms with Crippen LogP contribution in [-0.2, 0) is 14.3 Å². The molecule has 1 aliphatic rings. The van der Waals surface area contributed by atoms with Crippen molar-refractivity contribution >= 4 is 5.97 Å². The maximum absolute atomic E-state index is 11.6. The van der Waals surface area contributed by atoms with Crippen LogP contribution < -0.4 is 5.32 Å². The molecule has 18 heavy (non-hydrogen) atoms. The summed E-state index contributed by atoms with van der Waals surface area (Å²) in [6.45, 7) is 9.20. The van der Waals surface area contributed by atoms with E-state index in [0.29, 0.717) is 6.61 Å². The third-order valence-electron chi connectivity index (χ3n) is 3.15. The zero-order chi connectivity index (χ0) is 13.5. The normalized spacial score (nSPS) is 26.9. The Kier molecular flexibility index (Phi) is 6.60. The molecule has 1 heterocycles. The van der Waals surface area contributed by atoms with Gasteiger partial charge in [-0.05, 0) is 34.2 Å². The second-order valence-electron chi connectivity index (χ2n) is 4.90. The maximum atomic E-state index is 11.6. The lowest BCUT2D eigenvalue weighted by atomic mass is 10.1. The molecule has 3 unspecified atom stereocenters. The molecule has 0 aromatic rings. The van der Waals surface area contributed by atoms with Crippen molar-refractivity contribution in [3.8, 4) is 0 Å². The van der Waals surface area contributed by atoms with Gasteiger partial charge < -0.3 is 14.8 Å². The van der Waals surface area contributed by atoms with E-state index in [4.69, 9.17) is 9.47 Å². The van der Waals surface area contributed by atoms with Crippen molar-refractivity contribution in [2.75, 3.05) is 33.3 Å². The number of morpholine rings is 1. The van der Waals surface area contributed by atoms with E-state index in [-0.39, 0.29) is 24.2 Å². The summed E-state index contributed by atoms with van der Waals surface area (Å²) >= 11 is 0. The van der Waals surface area contributed by atoms with Crippen LogP contribution in [0.25, 0.3) is 0 Å². The lowest BCUT2D eigenvalue weighted by Gasteiger charge is -2.35. The molecule has 3 atom stereocenters. The van der Waals surface area contributed by atoms with Gasteiger partial charge in [-0.25, -0.2) is 0 Å². The summed E-state index contributed by atoms with van der Waals surface area (Å²) in [5.41, 5.74) is 0. The molecule has 0 saturated carbocycles. The van der Waals surface area contributed by atoms with Crippen molar-refractivity contribution in [2.45, 2.75) is 45.4 Å². The highest BCUT2D eigenvalue weighted by atomic mass is 16.5. The molecular formula is C13H26N2O3. The van der Waals surface area contributed by atoms with E-state index in [1.54, 1.807) is 7.05 Å². The van der Waals surface area contributed by atoms with E-state index in [0.717, 1.165) is 26.1 Å². The van der Waals surface area contributed by atoms with Crippen LogP contribution >= 0.6 is 0 Å². The minimum absolute atomic E-state index is 0.158. The summed E-state index contributed by atoms with van der Waals surface area (Å²) < 4.78 is 10.7. The van der Waals surface area contributed by atoms with Crippen molar-refractivity contribution in [2.24, 2.45) is 0 Å². The van der Waals surface area contributed by atoms with Gasteiger partial charge in [0.1, 0.15) is 6.04 Å². The highest BCUT2D eigenvalue weighted by molar-refractivity contribution is 5.75. The first kappa shape index (κ1) is 15.4. The number of carbonyl (C=O) groups is 1. The van der Waals surface area contributed by atoms with Crippen LogP contribution in [0.4, 0.5) is 0 Å². The molecule has 0 aliphatic carbocycles. The van der Waals surface area contributed by atoms with Gasteiger partial charge in [-0.15, -0.1) is 0 Å². The molecule has 1 N–H and O–H groups in total. The average Bonchev–Trinajstić information content (AvgIpc) is 2.29. The van der Waals surface area contributed by atoms with Gasteiger partial charge in [0, 0.05) is 19.6 Å². The molecule has 1 saturated heterocycles. The Hall–Kier alpha value is -0.650. The van der Waals surface area contributed by atoms with Gasteiger partial charge in [0.15, 0.2) is 0 Å². The third kappa shape index (κ3) is 4.92. The Morgan fingerprint density at radius 1 is 1.44 bits per heavy atom. The topological polar surface area (TPSA) is 50.8 Å². The zero-order valence-electron chi connectivity index (χ0n) is 11.9. The predicted molar refractivity (Wildman–Crippen MR) is 70.5 cm³/mol. The molecule has 0 aromatic carbocycles. The summed E-state index contributed by atoms with van der Waals surface area (Å²) in [6, 6.07) is -0.210. The van der Waals surface area contributed by atoms with Gasteiger partial charge in [0.25, 0.3) is 0 Å². The number of nitrogens with zero attached hydrogens (tertiary/aromatic N) is 1. The summed E-state index contributed by atoms with van der Waals surface area (Å²) in [7, 11) is 1.80. The van der Waals surface area contributed by atoms with E-state index >= 15 is 0 Å². The molecule has 1 fully saturated rings. The number of rotatable bonds is 6. The first-order chi connectivity index (χ1) is 8.56. The molecule has 0 spiro atoms. The second kappa shape index (κ2) is 7.71. The molecule has 0 aromatic heterocycles. The fourth-order valence-electron chi connectivity index (χ4n) is 2.40. The Labute approximate surface area is 110 Å². The quantitative estimate of drug-likeness (QED) is 0.708. The molecule has 0 bridgehead atoms. The fraction of sp³-hybridized carbons (Fsp3) is 0.923. The Morgan fingerprint density at radius 2 is 2.06 bits per heavy atom. The van der Waals surface area contributed by atoms with Gasteiger partial charge >= 0.3 is 5.97 Å². The molecular weight excluding hydrogens is 232 g/mol. The first-order valence-corrected chi connectivity index (χ1v) is 6.78. The molecule has 0 radical (unpaired) electrons. The van der Waals surface area contributed by atoms with Crippen molar-refractivity contribution in [1.29, 1.82) is 0 Å². The van der Waals surface area contributed by atoms with Crippen LogP contribution in [0.1, 0.15) is 27.2 Å². The maximum Gasteiger partial charge on any atom is 0.323 e. The van der Waals surface area contributed by atoms with Crippen molar-refractivity contribution in [3.63, 3.8) is 0 Å².